The van der Waals surface area contributed by atoms with Crippen molar-refractivity contribution in [3.05, 3.63) is 47.3 Å². The number of aryl methyl sites for hydroxylation is 3. The molecule has 0 saturated heterocycles. The molecule has 0 bridgehead atoms. The maximum atomic E-state index is 5.88. The van der Waals surface area contributed by atoms with E-state index in [0.717, 1.165) is 33.9 Å². The van der Waals surface area contributed by atoms with Gasteiger partial charge in [-0.1, -0.05) is 0 Å². The topological polar surface area (TPSA) is 48.1 Å². The van der Waals surface area contributed by atoms with Crippen molar-refractivity contribution in [3.8, 4) is 11.5 Å². The molecule has 2 rings (SSSR count). The van der Waals surface area contributed by atoms with E-state index in [-0.39, 0.29) is 0 Å². The van der Waals surface area contributed by atoms with Crippen LogP contribution in [0, 0.1) is 20.8 Å². The number of hydrogen-bond donors (Lipinski definition) is 1. The highest BCUT2D eigenvalue weighted by molar-refractivity contribution is 5.54. The third-order valence-corrected chi connectivity index (χ3v) is 2.75. The van der Waals surface area contributed by atoms with E-state index in [1.165, 1.54) is 0 Å². The van der Waals surface area contributed by atoms with E-state index in [1.54, 1.807) is 12.4 Å². The van der Waals surface area contributed by atoms with Gasteiger partial charge in [-0.15, -0.1) is 0 Å². The Morgan fingerprint density at radius 2 is 1.76 bits per heavy atom. The number of nitrogen functional groups attached to an aromatic ring is 1. The van der Waals surface area contributed by atoms with Crippen LogP contribution in [0.5, 0.6) is 11.5 Å². The van der Waals surface area contributed by atoms with Crippen LogP contribution in [0.1, 0.15) is 16.7 Å². The van der Waals surface area contributed by atoms with Gasteiger partial charge in [0.15, 0.2) is 0 Å². The summed E-state index contributed by atoms with van der Waals surface area (Å²) in [6.07, 6.45) is 3.51. The highest BCUT2D eigenvalue weighted by atomic mass is 16.5. The molecule has 0 aliphatic heterocycles. The van der Waals surface area contributed by atoms with Gasteiger partial charge in [-0.05, 0) is 50.1 Å². The zero-order valence-corrected chi connectivity index (χ0v) is 10.3. The van der Waals surface area contributed by atoms with Crippen LogP contribution in [0.15, 0.2) is 30.6 Å². The van der Waals surface area contributed by atoms with Crippen molar-refractivity contribution in [2.75, 3.05) is 5.73 Å². The quantitative estimate of drug-likeness (QED) is 0.801. The van der Waals surface area contributed by atoms with Gasteiger partial charge in [-0.2, -0.15) is 0 Å². The summed E-state index contributed by atoms with van der Waals surface area (Å²) < 4.78 is 5.88. The van der Waals surface area contributed by atoms with Crippen LogP contribution in [0.25, 0.3) is 0 Å². The number of ether oxygens (including phenoxy) is 1. The molecule has 0 spiro atoms. The largest absolute Gasteiger partial charge is 0.457 e. The van der Waals surface area contributed by atoms with Gasteiger partial charge in [0.25, 0.3) is 0 Å². The number of nitrogens with zero attached hydrogens (tertiary/aromatic N) is 1. The van der Waals surface area contributed by atoms with Gasteiger partial charge >= 0.3 is 0 Å². The molecule has 0 unspecified atom stereocenters. The first-order valence-electron chi connectivity index (χ1n) is 5.53. The Hall–Kier alpha value is -2.03. The van der Waals surface area contributed by atoms with Crippen molar-refractivity contribution in [2.24, 2.45) is 0 Å². The Morgan fingerprint density at radius 1 is 1.00 bits per heavy atom. The summed E-state index contributed by atoms with van der Waals surface area (Å²) in [4.78, 5) is 4.04. The SMILES string of the molecule is Cc1cc(Oc2ccncc2C)c(C)cc1N. The number of pyridine rings is 1. The molecule has 1 aromatic heterocycles. The molecule has 0 atom stereocenters. The van der Waals surface area contributed by atoms with Crippen LogP contribution in [0.4, 0.5) is 5.69 Å². The molecule has 3 nitrogen and oxygen atoms in total. The van der Waals surface area contributed by atoms with Crippen LogP contribution in [-0.2, 0) is 0 Å². The van der Waals surface area contributed by atoms with Crippen LogP contribution in [-0.4, -0.2) is 4.98 Å². The highest BCUT2D eigenvalue weighted by Crippen LogP contribution is 2.30. The number of anilines is 1. The lowest BCUT2D eigenvalue weighted by Crippen LogP contribution is -1.95. The minimum absolute atomic E-state index is 0.793. The average molecular weight is 228 g/mol. The monoisotopic (exact) mass is 228 g/mol. The maximum Gasteiger partial charge on any atom is 0.133 e. The number of rotatable bonds is 2. The number of benzene rings is 1. The Morgan fingerprint density at radius 3 is 2.47 bits per heavy atom. The van der Waals surface area contributed by atoms with Crippen LogP contribution < -0.4 is 10.5 Å². The Balaban J connectivity index is 2.37. The van der Waals surface area contributed by atoms with Crippen LogP contribution >= 0.6 is 0 Å². The third-order valence-electron chi connectivity index (χ3n) is 2.75. The molecule has 17 heavy (non-hydrogen) atoms. The first-order chi connectivity index (χ1) is 8.08. The maximum absolute atomic E-state index is 5.88. The average Bonchev–Trinajstić information content (AvgIpc) is 2.29. The molecular formula is C14H16N2O. The van der Waals surface area contributed by atoms with E-state index in [9.17, 15) is 0 Å². The summed E-state index contributed by atoms with van der Waals surface area (Å²) in [5.74, 6) is 1.67. The van der Waals surface area contributed by atoms with E-state index < -0.39 is 0 Å². The molecule has 0 fully saturated rings. The molecule has 88 valence electrons. The van der Waals surface area contributed by atoms with E-state index in [2.05, 4.69) is 4.98 Å². The molecule has 1 aromatic carbocycles. The van der Waals surface area contributed by atoms with Crippen molar-refractivity contribution in [2.45, 2.75) is 20.8 Å². The number of aromatic nitrogens is 1. The van der Waals surface area contributed by atoms with Crippen molar-refractivity contribution in [1.29, 1.82) is 0 Å². The Labute approximate surface area is 101 Å². The second kappa shape index (κ2) is 4.45. The van der Waals surface area contributed by atoms with Gasteiger partial charge in [-0.25, -0.2) is 0 Å². The van der Waals surface area contributed by atoms with Crippen molar-refractivity contribution in [3.63, 3.8) is 0 Å². The molecule has 3 heteroatoms. The Bertz CT molecular complexity index is 550. The van der Waals surface area contributed by atoms with E-state index in [1.807, 2.05) is 39.0 Å². The van der Waals surface area contributed by atoms with Gasteiger partial charge in [0.2, 0.25) is 0 Å². The standard InChI is InChI=1S/C14H16N2O/c1-9-7-14(10(2)6-12(9)15)17-13-4-5-16-8-11(13)3/h4-8H,15H2,1-3H3. The predicted molar refractivity (Wildman–Crippen MR) is 69.4 cm³/mol. The van der Waals surface area contributed by atoms with E-state index in [4.69, 9.17) is 10.5 Å². The molecular weight excluding hydrogens is 212 g/mol. The summed E-state index contributed by atoms with van der Waals surface area (Å²) >= 11 is 0. The lowest BCUT2D eigenvalue weighted by Gasteiger charge is -2.12. The fourth-order valence-corrected chi connectivity index (χ4v) is 1.62. The normalized spacial score (nSPS) is 10.3. The fourth-order valence-electron chi connectivity index (χ4n) is 1.62. The molecule has 0 radical (unpaired) electrons. The molecule has 0 aliphatic rings. The molecule has 0 amide bonds. The lowest BCUT2D eigenvalue weighted by molar-refractivity contribution is 0.474. The number of nitrogens with two attached hydrogens (primary N) is 1. The third kappa shape index (κ3) is 2.38. The van der Waals surface area contributed by atoms with Crippen LogP contribution in [0.3, 0.4) is 0 Å². The second-order valence-electron chi connectivity index (χ2n) is 4.22. The van der Waals surface area contributed by atoms with Crippen molar-refractivity contribution >= 4 is 5.69 Å². The summed E-state index contributed by atoms with van der Waals surface area (Å²) in [5.41, 5.74) is 9.71. The van der Waals surface area contributed by atoms with Gasteiger partial charge in [-0.3, -0.25) is 4.98 Å². The van der Waals surface area contributed by atoms with Crippen molar-refractivity contribution in [1.82, 2.24) is 4.98 Å². The van der Waals surface area contributed by atoms with Gasteiger partial charge in [0.05, 0.1) is 0 Å². The van der Waals surface area contributed by atoms with Crippen LogP contribution in [0.2, 0.25) is 0 Å². The minimum Gasteiger partial charge on any atom is -0.457 e. The number of hydrogen-bond acceptors (Lipinski definition) is 3. The lowest BCUT2D eigenvalue weighted by atomic mass is 10.1. The second-order valence-corrected chi connectivity index (χ2v) is 4.22. The molecule has 1 heterocycles. The summed E-state index contributed by atoms with van der Waals surface area (Å²) in [6, 6.07) is 5.76. The van der Waals surface area contributed by atoms with Gasteiger partial charge < -0.3 is 10.5 Å². The molecule has 0 aliphatic carbocycles. The molecule has 2 aromatic rings. The van der Waals surface area contributed by atoms with Gasteiger partial charge in [0, 0.05) is 23.6 Å². The smallest absolute Gasteiger partial charge is 0.133 e. The van der Waals surface area contributed by atoms with E-state index >= 15 is 0 Å². The van der Waals surface area contributed by atoms with Gasteiger partial charge in [0.1, 0.15) is 11.5 Å². The zero-order valence-electron chi connectivity index (χ0n) is 10.3. The first-order valence-corrected chi connectivity index (χ1v) is 5.53. The highest BCUT2D eigenvalue weighted by Gasteiger charge is 2.06. The van der Waals surface area contributed by atoms with E-state index in [0.29, 0.717) is 0 Å². The van der Waals surface area contributed by atoms with Crippen molar-refractivity contribution < 1.29 is 4.74 Å². The minimum atomic E-state index is 0.793. The summed E-state index contributed by atoms with van der Waals surface area (Å²) in [7, 11) is 0. The summed E-state index contributed by atoms with van der Waals surface area (Å²) in [6.45, 7) is 5.94. The Kier molecular flexibility index (Phi) is 3.00. The predicted octanol–water partition coefficient (Wildman–Crippen LogP) is 3.38. The molecule has 2 N–H and O–H groups in total. The first kappa shape index (κ1) is 11.5. The fraction of sp³-hybridized carbons (Fsp3) is 0.214. The zero-order chi connectivity index (χ0) is 12.4. The molecule has 0 saturated carbocycles. The summed E-state index contributed by atoms with van der Waals surface area (Å²) in [5, 5.41) is 0.